The predicted octanol–water partition coefficient (Wildman–Crippen LogP) is -4.12. The molecular formula is C33H38O22. The molecule has 0 radical (unpaired) electrons. The molecule has 3 aromatic rings. The van der Waals surface area contributed by atoms with Gasteiger partial charge in [-0.2, -0.15) is 0 Å². The maximum Gasteiger partial charge on any atom is 0.335 e. The fourth-order valence-electron chi connectivity index (χ4n) is 6.18. The van der Waals surface area contributed by atoms with Gasteiger partial charge in [0, 0.05) is 17.7 Å². The molecule has 22 heteroatoms. The SMILES string of the molecule is C[C@@H]1O[C@@H](OC[C@@H]2O[C@@H](Oc3c(-c4ccc(O)c(O)c4)oc4cc(O[C@@H]5O[C@H](C(=O)O)[C@H](O)[C@@H](O)[C@@H]5O)cc(O)c4c3=O)[C@@H](O)[C@@H](O)[C@H]2O)[C@H](O)[C@@H](O)[C@H]1O. The lowest BCUT2D eigenvalue weighted by Gasteiger charge is -2.42. The second-order valence-electron chi connectivity index (χ2n) is 13.1. The van der Waals surface area contributed by atoms with E-state index in [1.54, 1.807) is 0 Å². The number of aromatic hydroxyl groups is 3. The normalized spacial score (nSPS) is 36.7. The van der Waals surface area contributed by atoms with Gasteiger partial charge in [-0.1, -0.05) is 0 Å². The predicted molar refractivity (Wildman–Crippen MR) is 173 cm³/mol. The van der Waals surface area contributed by atoms with Crippen LogP contribution in [0.2, 0.25) is 0 Å². The lowest BCUT2D eigenvalue weighted by atomic mass is 9.98. The molecule has 3 fully saturated rings. The van der Waals surface area contributed by atoms with Crippen molar-refractivity contribution in [2.75, 3.05) is 6.61 Å². The Morgan fingerprint density at radius 3 is 1.95 bits per heavy atom. The highest BCUT2D eigenvalue weighted by atomic mass is 16.7. The Morgan fingerprint density at radius 2 is 1.29 bits per heavy atom. The van der Waals surface area contributed by atoms with Crippen LogP contribution in [0, 0.1) is 0 Å². The number of hydrogen-bond acceptors (Lipinski definition) is 21. The molecule has 302 valence electrons. The summed E-state index contributed by atoms with van der Waals surface area (Å²) >= 11 is 0. The third kappa shape index (κ3) is 7.60. The maximum absolute atomic E-state index is 14.1. The van der Waals surface area contributed by atoms with E-state index in [1.807, 2.05) is 0 Å². The van der Waals surface area contributed by atoms with Gasteiger partial charge in [0.25, 0.3) is 0 Å². The average Bonchev–Trinajstić information content (AvgIpc) is 3.14. The van der Waals surface area contributed by atoms with Crippen LogP contribution in [-0.4, -0.2) is 171 Å². The summed E-state index contributed by atoms with van der Waals surface area (Å²) in [5.41, 5.74) is -1.81. The molecular weight excluding hydrogens is 748 g/mol. The Hall–Kier alpha value is -4.40. The van der Waals surface area contributed by atoms with Gasteiger partial charge in [-0.05, 0) is 25.1 Å². The van der Waals surface area contributed by atoms with Gasteiger partial charge in [-0.15, -0.1) is 0 Å². The number of phenolic OH excluding ortho intramolecular Hbond substituents is 3. The molecule has 4 heterocycles. The zero-order valence-electron chi connectivity index (χ0n) is 28.2. The Balaban J connectivity index is 1.34. The first-order valence-corrected chi connectivity index (χ1v) is 16.5. The Labute approximate surface area is 307 Å². The topological polar surface area (TPSA) is 366 Å². The summed E-state index contributed by atoms with van der Waals surface area (Å²) in [7, 11) is 0. The molecule has 0 bridgehead atoms. The number of carbonyl (C=O) groups is 1. The van der Waals surface area contributed by atoms with Gasteiger partial charge in [-0.3, -0.25) is 4.79 Å². The van der Waals surface area contributed by atoms with E-state index in [1.165, 1.54) is 6.92 Å². The monoisotopic (exact) mass is 786 g/mol. The van der Waals surface area contributed by atoms with Crippen molar-refractivity contribution in [1.29, 1.82) is 0 Å². The first-order chi connectivity index (χ1) is 25.9. The van der Waals surface area contributed by atoms with Gasteiger partial charge in [0.05, 0.1) is 12.7 Å². The van der Waals surface area contributed by atoms with Gasteiger partial charge in [0.2, 0.25) is 23.8 Å². The average molecular weight is 787 g/mol. The number of rotatable bonds is 9. The summed E-state index contributed by atoms with van der Waals surface area (Å²) in [5, 5.41) is 133. The summed E-state index contributed by atoms with van der Waals surface area (Å²) in [6, 6.07) is 4.90. The number of ether oxygens (including phenoxy) is 6. The van der Waals surface area contributed by atoms with Crippen LogP contribution in [-0.2, 0) is 23.7 Å². The molecule has 3 aliphatic rings. The first-order valence-electron chi connectivity index (χ1n) is 16.5. The maximum atomic E-state index is 14.1. The summed E-state index contributed by atoms with van der Waals surface area (Å²) in [6.07, 6.45) is -27.0. The van der Waals surface area contributed by atoms with Gasteiger partial charge < -0.3 is 99.2 Å². The minimum Gasteiger partial charge on any atom is -0.507 e. The molecule has 0 saturated carbocycles. The highest BCUT2D eigenvalue weighted by Gasteiger charge is 2.49. The number of benzene rings is 2. The van der Waals surface area contributed by atoms with Gasteiger partial charge >= 0.3 is 5.97 Å². The summed E-state index contributed by atoms with van der Waals surface area (Å²) in [4.78, 5) is 25.6. The molecule has 2 aromatic carbocycles. The van der Waals surface area contributed by atoms with E-state index in [2.05, 4.69) is 0 Å². The zero-order chi connectivity index (χ0) is 40.2. The molecule has 1 aromatic heterocycles. The van der Waals surface area contributed by atoms with Crippen LogP contribution in [0.3, 0.4) is 0 Å². The van der Waals surface area contributed by atoms with Crippen molar-refractivity contribution in [3.05, 3.63) is 40.6 Å². The second-order valence-corrected chi connectivity index (χ2v) is 13.1. The zero-order valence-corrected chi connectivity index (χ0v) is 28.2. The lowest BCUT2D eigenvalue weighted by molar-refractivity contribution is -0.318. The molecule has 0 unspecified atom stereocenters. The second kappa shape index (κ2) is 15.6. The van der Waals surface area contributed by atoms with Crippen LogP contribution in [0.15, 0.2) is 39.5 Å². The molecule has 3 saturated heterocycles. The summed E-state index contributed by atoms with van der Waals surface area (Å²) in [5.74, 6) is -5.65. The molecule has 6 rings (SSSR count). The van der Waals surface area contributed by atoms with Crippen molar-refractivity contribution in [3.63, 3.8) is 0 Å². The molecule has 0 amide bonds. The van der Waals surface area contributed by atoms with Crippen molar-refractivity contribution in [1.82, 2.24) is 0 Å². The summed E-state index contributed by atoms with van der Waals surface area (Å²) < 4.78 is 38.7. The minimum absolute atomic E-state index is 0.161. The number of aliphatic hydroxyl groups excluding tert-OH is 9. The number of fused-ring (bicyclic) bond motifs is 1. The molecule has 55 heavy (non-hydrogen) atoms. The fourth-order valence-corrected chi connectivity index (χ4v) is 6.18. The third-order valence-corrected chi connectivity index (χ3v) is 9.34. The number of carboxylic acids is 1. The molecule has 22 nitrogen and oxygen atoms in total. The van der Waals surface area contributed by atoms with Crippen molar-refractivity contribution in [3.8, 4) is 40.1 Å². The molecule has 0 spiro atoms. The quantitative estimate of drug-likeness (QED) is 0.0916. The summed E-state index contributed by atoms with van der Waals surface area (Å²) in [6.45, 7) is 0.709. The van der Waals surface area contributed by atoms with Crippen LogP contribution >= 0.6 is 0 Å². The molecule has 13 N–H and O–H groups in total. The minimum atomic E-state index is -2.08. The highest BCUT2D eigenvalue weighted by molar-refractivity contribution is 5.88. The number of aliphatic carboxylic acids is 1. The van der Waals surface area contributed by atoms with E-state index in [0.29, 0.717) is 0 Å². The molecule has 0 aliphatic carbocycles. The standard InChI is InChI=1S/C33H38O22/c1-8-17(37)20(40)24(44)31(50-8)49-7-15-18(38)21(41)25(45)33(53-15)54-28-19(39)16-13(36)5-10(51-32-26(46)22(42)23(43)29(55-32)30(47)48)6-14(16)52-27(28)9-2-3-11(34)12(35)4-9/h2-6,8,15,17-18,20-26,29,31-38,40-46H,7H2,1H3,(H,47,48)/t8-,15-,17-,18-,20-,21-,22+,23+,24+,25-,26-,29-,31+,32+,33-/m0/s1. The molecule has 15 atom stereocenters. The van der Waals surface area contributed by atoms with Crippen LogP contribution in [0.5, 0.6) is 28.7 Å². The lowest BCUT2D eigenvalue weighted by Crippen LogP contribution is -2.61. The van der Waals surface area contributed by atoms with Crippen LogP contribution < -0.4 is 14.9 Å². The van der Waals surface area contributed by atoms with E-state index in [-0.39, 0.29) is 5.56 Å². The van der Waals surface area contributed by atoms with E-state index in [0.717, 1.165) is 30.3 Å². The van der Waals surface area contributed by atoms with Crippen LogP contribution in [0.1, 0.15) is 6.92 Å². The van der Waals surface area contributed by atoms with Crippen molar-refractivity contribution in [2.45, 2.75) is 99.0 Å². The van der Waals surface area contributed by atoms with E-state index in [9.17, 15) is 76.0 Å². The van der Waals surface area contributed by atoms with Crippen LogP contribution in [0.25, 0.3) is 22.3 Å². The highest BCUT2D eigenvalue weighted by Crippen LogP contribution is 2.40. The van der Waals surface area contributed by atoms with Gasteiger partial charge in [0.1, 0.15) is 83.5 Å². The smallest absolute Gasteiger partial charge is 0.335 e. The first kappa shape index (κ1) is 40.3. The molecule has 3 aliphatic heterocycles. The van der Waals surface area contributed by atoms with E-state index >= 15 is 0 Å². The number of phenols is 3. The van der Waals surface area contributed by atoms with Crippen molar-refractivity contribution in [2.24, 2.45) is 0 Å². The fraction of sp³-hybridized carbons (Fsp3) is 0.515. The number of hydrogen-bond donors (Lipinski definition) is 13. The van der Waals surface area contributed by atoms with Crippen molar-refractivity contribution < 1.29 is 104 Å². The number of carboxylic acid groups (broad SMARTS) is 1. The Bertz CT molecular complexity index is 1940. The number of aliphatic hydroxyl groups is 9. The largest absolute Gasteiger partial charge is 0.507 e. The van der Waals surface area contributed by atoms with E-state index < -0.39 is 156 Å². The Morgan fingerprint density at radius 1 is 0.673 bits per heavy atom. The third-order valence-electron chi connectivity index (χ3n) is 9.34. The van der Waals surface area contributed by atoms with Crippen molar-refractivity contribution >= 4 is 16.9 Å². The van der Waals surface area contributed by atoms with Crippen LogP contribution in [0.4, 0.5) is 0 Å². The van der Waals surface area contributed by atoms with E-state index in [4.69, 9.17) is 32.8 Å². The Kier molecular flexibility index (Phi) is 11.4. The van der Waals surface area contributed by atoms with Gasteiger partial charge in [-0.25, -0.2) is 4.79 Å². The van der Waals surface area contributed by atoms with Gasteiger partial charge in [0.15, 0.2) is 29.7 Å².